The first-order chi connectivity index (χ1) is 12.2. The van der Waals surface area contributed by atoms with Gasteiger partial charge in [-0.2, -0.15) is 0 Å². The number of ether oxygens (including phenoxy) is 1. The summed E-state index contributed by atoms with van der Waals surface area (Å²) in [5, 5.41) is 0. The van der Waals surface area contributed by atoms with E-state index in [2.05, 4.69) is 4.90 Å². The van der Waals surface area contributed by atoms with Gasteiger partial charge < -0.3 is 19.0 Å². The zero-order valence-electron chi connectivity index (χ0n) is 14.6. The minimum atomic E-state index is -0.0467. The maximum atomic E-state index is 12.9. The molecule has 6 nitrogen and oxygen atoms in total. The molecule has 6 heteroatoms. The van der Waals surface area contributed by atoms with Gasteiger partial charge in [-0.1, -0.05) is 0 Å². The van der Waals surface area contributed by atoms with Crippen molar-refractivity contribution >= 4 is 11.8 Å². The molecule has 1 aliphatic carbocycles. The molecule has 0 unspecified atom stereocenters. The Hall–Kier alpha value is -1.82. The number of hydrogen-bond acceptors (Lipinski definition) is 4. The van der Waals surface area contributed by atoms with E-state index in [0.29, 0.717) is 30.8 Å². The lowest BCUT2D eigenvalue weighted by Crippen LogP contribution is -2.54. The van der Waals surface area contributed by atoms with Gasteiger partial charge in [-0.05, 0) is 50.7 Å². The van der Waals surface area contributed by atoms with E-state index in [9.17, 15) is 9.59 Å². The second-order valence-corrected chi connectivity index (χ2v) is 7.36. The molecule has 25 heavy (non-hydrogen) atoms. The highest BCUT2D eigenvalue weighted by molar-refractivity contribution is 5.91. The molecule has 4 rings (SSSR count). The topological polar surface area (TPSA) is 63.0 Å². The fraction of sp³-hybridized carbons (Fsp3) is 0.684. The van der Waals surface area contributed by atoms with Crippen LogP contribution in [-0.4, -0.2) is 60.0 Å². The standard InChI is InChI=1S/C19H26N2O4/c22-18(14-3-4-14)21(16-7-12-24-13-8-16)15-5-9-20(10-6-15)19(23)17-2-1-11-25-17/h1-2,11,14-16H,3-10,12-13H2. The van der Waals surface area contributed by atoms with Crippen LogP contribution in [0.2, 0.25) is 0 Å². The zero-order chi connectivity index (χ0) is 17.2. The minimum absolute atomic E-state index is 0.0467. The quantitative estimate of drug-likeness (QED) is 0.839. The summed E-state index contributed by atoms with van der Waals surface area (Å²) in [6.07, 6.45) is 7.17. The lowest BCUT2D eigenvalue weighted by Gasteiger charge is -2.43. The number of nitrogens with zero attached hydrogens (tertiary/aromatic N) is 2. The van der Waals surface area contributed by atoms with Gasteiger partial charge in [0.2, 0.25) is 5.91 Å². The number of carbonyl (C=O) groups is 2. The fourth-order valence-electron chi connectivity index (χ4n) is 4.07. The first-order valence-electron chi connectivity index (χ1n) is 9.46. The molecule has 0 radical (unpaired) electrons. The van der Waals surface area contributed by atoms with Crippen molar-refractivity contribution in [3.05, 3.63) is 24.2 Å². The largest absolute Gasteiger partial charge is 0.459 e. The predicted octanol–water partition coefficient (Wildman–Crippen LogP) is 2.30. The van der Waals surface area contributed by atoms with Gasteiger partial charge in [0.15, 0.2) is 5.76 Å². The van der Waals surface area contributed by atoms with Gasteiger partial charge >= 0.3 is 0 Å². The second-order valence-electron chi connectivity index (χ2n) is 7.36. The molecule has 1 saturated carbocycles. The van der Waals surface area contributed by atoms with Gasteiger partial charge in [-0.15, -0.1) is 0 Å². The Kier molecular flexibility index (Phi) is 4.79. The Morgan fingerprint density at radius 1 is 1.00 bits per heavy atom. The minimum Gasteiger partial charge on any atom is -0.459 e. The van der Waals surface area contributed by atoms with Crippen LogP contribution in [0.4, 0.5) is 0 Å². The Morgan fingerprint density at radius 3 is 2.28 bits per heavy atom. The highest BCUT2D eigenvalue weighted by Crippen LogP contribution is 2.35. The van der Waals surface area contributed by atoms with E-state index in [-0.39, 0.29) is 17.9 Å². The SMILES string of the molecule is O=C(c1ccco1)N1CCC(N(C(=O)C2CC2)C2CCOCC2)CC1. The molecule has 2 amide bonds. The van der Waals surface area contributed by atoms with Crippen LogP contribution in [0.15, 0.2) is 22.8 Å². The predicted molar refractivity (Wildman–Crippen MR) is 91.0 cm³/mol. The number of rotatable bonds is 4. The molecular weight excluding hydrogens is 320 g/mol. The third-order valence-electron chi connectivity index (χ3n) is 5.64. The van der Waals surface area contributed by atoms with Crippen LogP contribution in [0.1, 0.15) is 49.1 Å². The molecule has 3 heterocycles. The number of amides is 2. The van der Waals surface area contributed by atoms with Crippen LogP contribution in [-0.2, 0) is 9.53 Å². The molecule has 3 fully saturated rings. The molecule has 2 aliphatic heterocycles. The van der Waals surface area contributed by atoms with E-state index >= 15 is 0 Å². The maximum absolute atomic E-state index is 12.9. The van der Waals surface area contributed by atoms with Gasteiger partial charge in [0, 0.05) is 44.3 Å². The van der Waals surface area contributed by atoms with Crippen molar-refractivity contribution < 1.29 is 18.7 Å². The van der Waals surface area contributed by atoms with Crippen LogP contribution >= 0.6 is 0 Å². The van der Waals surface area contributed by atoms with Gasteiger partial charge in [0.1, 0.15) is 0 Å². The van der Waals surface area contributed by atoms with Crippen LogP contribution < -0.4 is 0 Å². The van der Waals surface area contributed by atoms with Gasteiger partial charge in [0.25, 0.3) is 5.91 Å². The van der Waals surface area contributed by atoms with Crippen molar-refractivity contribution in [3.63, 3.8) is 0 Å². The van der Waals surface area contributed by atoms with Gasteiger partial charge in [-0.3, -0.25) is 9.59 Å². The summed E-state index contributed by atoms with van der Waals surface area (Å²) >= 11 is 0. The fourth-order valence-corrected chi connectivity index (χ4v) is 4.07. The molecule has 0 aromatic carbocycles. The molecule has 0 atom stereocenters. The third kappa shape index (κ3) is 3.59. The van der Waals surface area contributed by atoms with Crippen LogP contribution in [0, 0.1) is 5.92 Å². The van der Waals surface area contributed by atoms with Gasteiger partial charge in [-0.25, -0.2) is 0 Å². The number of carbonyl (C=O) groups excluding carboxylic acids is 2. The average Bonchev–Trinajstić information content (AvgIpc) is 3.37. The Morgan fingerprint density at radius 2 is 1.68 bits per heavy atom. The van der Waals surface area contributed by atoms with Crippen molar-refractivity contribution in [2.45, 2.75) is 50.6 Å². The van der Waals surface area contributed by atoms with Crippen LogP contribution in [0.25, 0.3) is 0 Å². The highest BCUT2D eigenvalue weighted by Gasteiger charge is 2.41. The molecule has 1 aromatic heterocycles. The van der Waals surface area contributed by atoms with Crippen LogP contribution in [0.3, 0.4) is 0 Å². The number of hydrogen-bond donors (Lipinski definition) is 0. The summed E-state index contributed by atoms with van der Waals surface area (Å²) in [5.41, 5.74) is 0. The summed E-state index contributed by atoms with van der Waals surface area (Å²) < 4.78 is 10.7. The number of likely N-dealkylation sites (tertiary alicyclic amines) is 1. The van der Waals surface area contributed by atoms with Crippen molar-refractivity contribution in [2.75, 3.05) is 26.3 Å². The summed E-state index contributed by atoms with van der Waals surface area (Å²) in [6, 6.07) is 4.00. The number of piperidine rings is 1. The van der Waals surface area contributed by atoms with E-state index in [1.165, 1.54) is 6.26 Å². The van der Waals surface area contributed by atoms with E-state index in [1.54, 1.807) is 12.1 Å². The average molecular weight is 346 g/mol. The van der Waals surface area contributed by atoms with E-state index in [0.717, 1.165) is 51.7 Å². The molecule has 3 aliphatic rings. The molecule has 0 N–H and O–H groups in total. The smallest absolute Gasteiger partial charge is 0.289 e. The van der Waals surface area contributed by atoms with Gasteiger partial charge in [0.05, 0.1) is 6.26 Å². The Balaban J connectivity index is 1.41. The zero-order valence-corrected chi connectivity index (χ0v) is 14.6. The highest BCUT2D eigenvalue weighted by atomic mass is 16.5. The van der Waals surface area contributed by atoms with Crippen molar-refractivity contribution in [1.29, 1.82) is 0 Å². The first-order valence-corrected chi connectivity index (χ1v) is 9.46. The second kappa shape index (κ2) is 7.20. The molecule has 1 aromatic rings. The van der Waals surface area contributed by atoms with E-state index < -0.39 is 0 Å². The Labute approximate surface area is 148 Å². The monoisotopic (exact) mass is 346 g/mol. The van der Waals surface area contributed by atoms with E-state index in [4.69, 9.17) is 9.15 Å². The summed E-state index contributed by atoms with van der Waals surface area (Å²) in [4.78, 5) is 29.3. The molecule has 2 saturated heterocycles. The van der Waals surface area contributed by atoms with Crippen molar-refractivity contribution in [1.82, 2.24) is 9.80 Å². The van der Waals surface area contributed by atoms with Crippen LogP contribution in [0.5, 0.6) is 0 Å². The van der Waals surface area contributed by atoms with E-state index in [1.807, 2.05) is 4.90 Å². The Bertz CT molecular complexity index is 597. The van der Waals surface area contributed by atoms with Crippen molar-refractivity contribution in [2.24, 2.45) is 5.92 Å². The van der Waals surface area contributed by atoms with Crippen molar-refractivity contribution in [3.8, 4) is 0 Å². The number of furan rings is 1. The molecular formula is C19H26N2O4. The third-order valence-corrected chi connectivity index (χ3v) is 5.64. The summed E-state index contributed by atoms with van der Waals surface area (Å²) in [6.45, 7) is 2.85. The lowest BCUT2D eigenvalue weighted by molar-refractivity contribution is -0.141. The molecule has 0 spiro atoms. The lowest BCUT2D eigenvalue weighted by atomic mass is 9.97. The summed E-state index contributed by atoms with van der Waals surface area (Å²) in [5.74, 6) is 0.928. The summed E-state index contributed by atoms with van der Waals surface area (Å²) in [7, 11) is 0. The maximum Gasteiger partial charge on any atom is 0.289 e. The first kappa shape index (κ1) is 16.6. The molecule has 0 bridgehead atoms. The normalized spacial score (nSPS) is 22.8. The molecule has 136 valence electrons.